The van der Waals surface area contributed by atoms with Gasteiger partial charge in [-0.3, -0.25) is 9.59 Å². The minimum absolute atomic E-state index is 0.0138. The minimum Gasteiger partial charge on any atom is -0.452 e. The number of carbonyl (C=O) groups excluding carboxylic acids is 2. The normalized spacial score (nSPS) is 17.1. The first-order valence-corrected chi connectivity index (χ1v) is 9.64. The number of amides is 1. The summed E-state index contributed by atoms with van der Waals surface area (Å²) in [5.41, 5.74) is 3.30. The van der Waals surface area contributed by atoms with Gasteiger partial charge in [-0.05, 0) is 55.0 Å². The van der Waals surface area contributed by atoms with Crippen LogP contribution in [-0.2, 0) is 27.2 Å². The Bertz CT molecular complexity index is 788. The Morgan fingerprint density at radius 1 is 1.19 bits per heavy atom. The number of aryl methyl sites for hydroxylation is 1. The van der Waals surface area contributed by atoms with Gasteiger partial charge in [0.1, 0.15) is 0 Å². The van der Waals surface area contributed by atoms with Crippen molar-refractivity contribution >= 4 is 27.8 Å². The number of carbonyl (C=O) groups is 2. The molecule has 0 saturated carbocycles. The predicted molar refractivity (Wildman–Crippen MR) is 104 cm³/mol. The lowest BCUT2D eigenvalue weighted by Crippen LogP contribution is -2.39. The molecule has 0 unspecified atom stereocenters. The van der Waals surface area contributed by atoms with E-state index in [1.165, 1.54) is 11.1 Å². The fourth-order valence-corrected chi connectivity index (χ4v) is 3.52. The average Bonchev–Trinajstić information content (AvgIpc) is 2.64. The molecule has 1 aliphatic carbocycles. The summed E-state index contributed by atoms with van der Waals surface area (Å²) in [6, 6.07) is 15.6. The number of benzene rings is 2. The van der Waals surface area contributed by atoms with E-state index in [0.29, 0.717) is 0 Å². The van der Waals surface area contributed by atoms with Crippen molar-refractivity contribution in [1.82, 2.24) is 5.32 Å². The van der Waals surface area contributed by atoms with E-state index in [2.05, 4.69) is 33.4 Å². The summed E-state index contributed by atoms with van der Waals surface area (Å²) < 4.78 is 6.27. The number of esters is 1. The highest BCUT2D eigenvalue weighted by Crippen LogP contribution is 2.29. The molecule has 0 spiro atoms. The molecule has 5 heteroatoms. The van der Waals surface area contributed by atoms with Crippen LogP contribution in [0.4, 0.5) is 0 Å². The van der Waals surface area contributed by atoms with Crippen molar-refractivity contribution in [3.63, 3.8) is 0 Å². The lowest BCUT2D eigenvalue weighted by molar-refractivity contribution is -0.154. The first-order chi connectivity index (χ1) is 12.5. The molecule has 4 nitrogen and oxygen atoms in total. The largest absolute Gasteiger partial charge is 0.452 e. The van der Waals surface area contributed by atoms with Gasteiger partial charge in [-0.2, -0.15) is 0 Å². The SMILES string of the molecule is C[C@H](OC(=O)Cc1ccc(Br)cc1)C(=O)N[C@@H]1CCCc2ccccc21. The molecule has 1 amide bonds. The van der Waals surface area contributed by atoms with Gasteiger partial charge in [0.05, 0.1) is 12.5 Å². The molecule has 0 aromatic heterocycles. The Kier molecular flexibility index (Phi) is 6.09. The molecule has 1 N–H and O–H groups in total. The summed E-state index contributed by atoms with van der Waals surface area (Å²) in [5.74, 6) is -0.658. The van der Waals surface area contributed by atoms with E-state index in [1.54, 1.807) is 6.92 Å². The maximum Gasteiger partial charge on any atom is 0.311 e. The zero-order valence-corrected chi connectivity index (χ0v) is 16.3. The number of nitrogens with one attached hydrogen (secondary N) is 1. The Hall–Kier alpha value is -2.14. The average molecular weight is 416 g/mol. The van der Waals surface area contributed by atoms with Crippen LogP contribution < -0.4 is 5.32 Å². The lowest BCUT2D eigenvalue weighted by atomic mass is 9.87. The van der Waals surface area contributed by atoms with Gasteiger partial charge in [0, 0.05) is 4.47 Å². The number of halogens is 1. The van der Waals surface area contributed by atoms with Crippen molar-refractivity contribution in [2.75, 3.05) is 0 Å². The maximum absolute atomic E-state index is 12.5. The number of rotatable bonds is 5. The standard InChI is InChI=1S/C21H22BrNO3/c1-14(26-20(24)13-15-9-11-17(22)12-10-15)21(25)23-19-8-4-6-16-5-2-3-7-18(16)19/h2-3,5,7,9-12,14,19H,4,6,8,13H2,1H3,(H,23,25)/t14-,19+/m0/s1. The Balaban J connectivity index is 1.55. The molecule has 2 aromatic rings. The summed E-state index contributed by atoms with van der Waals surface area (Å²) in [6.07, 6.45) is 2.33. The lowest BCUT2D eigenvalue weighted by Gasteiger charge is -2.27. The third kappa shape index (κ3) is 4.73. The molecular weight excluding hydrogens is 394 g/mol. The van der Waals surface area contributed by atoms with Crippen LogP contribution in [0.5, 0.6) is 0 Å². The van der Waals surface area contributed by atoms with Gasteiger partial charge in [0.2, 0.25) is 0 Å². The fraction of sp³-hybridized carbons (Fsp3) is 0.333. The van der Waals surface area contributed by atoms with Crippen LogP contribution in [0.2, 0.25) is 0 Å². The molecule has 3 rings (SSSR count). The van der Waals surface area contributed by atoms with E-state index in [1.807, 2.05) is 36.4 Å². The van der Waals surface area contributed by atoms with E-state index < -0.39 is 12.1 Å². The van der Waals surface area contributed by atoms with E-state index in [9.17, 15) is 9.59 Å². The molecule has 0 fully saturated rings. The zero-order chi connectivity index (χ0) is 18.5. The smallest absolute Gasteiger partial charge is 0.311 e. The number of hydrogen-bond acceptors (Lipinski definition) is 3. The van der Waals surface area contributed by atoms with E-state index in [4.69, 9.17) is 4.74 Å². The van der Waals surface area contributed by atoms with Crippen LogP contribution >= 0.6 is 15.9 Å². The van der Waals surface area contributed by atoms with Gasteiger partial charge in [0.15, 0.2) is 6.10 Å². The first kappa shape index (κ1) is 18.6. The summed E-state index contributed by atoms with van der Waals surface area (Å²) in [5, 5.41) is 3.03. The molecular formula is C21H22BrNO3. The predicted octanol–water partition coefficient (Wildman–Crippen LogP) is 4.12. The van der Waals surface area contributed by atoms with Gasteiger partial charge in [-0.15, -0.1) is 0 Å². The van der Waals surface area contributed by atoms with Crippen molar-refractivity contribution in [2.24, 2.45) is 0 Å². The summed E-state index contributed by atoms with van der Waals surface area (Å²) in [4.78, 5) is 24.5. The molecule has 0 radical (unpaired) electrons. The second kappa shape index (κ2) is 8.49. The molecule has 0 aliphatic heterocycles. The summed E-state index contributed by atoms with van der Waals surface area (Å²) in [7, 11) is 0. The number of fused-ring (bicyclic) bond motifs is 1. The van der Waals surface area contributed by atoms with Gasteiger partial charge in [-0.1, -0.05) is 52.3 Å². The highest BCUT2D eigenvalue weighted by Gasteiger charge is 2.25. The molecule has 1 aliphatic rings. The van der Waals surface area contributed by atoms with E-state index >= 15 is 0 Å². The van der Waals surface area contributed by atoms with Crippen molar-refractivity contribution in [1.29, 1.82) is 0 Å². The van der Waals surface area contributed by atoms with Gasteiger partial charge in [-0.25, -0.2) is 0 Å². The van der Waals surface area contributed by atoms with Crippen LogP contribution in [0.1, 0.15) is 42.5 Å². The maximum atomic E-state index is 12.5. The second-order valence-electron chi connectivity index (χ2n) is 6.59. The Labute approximate surface area is 162 Å². The van der Waals surface area contributed by atoms with Crippen molar-refractivity contribution in [3.8, 4) is 0 Å². The topological polar surface area (TPSA) is 55.4 Å². The van der Waals surface area contributed by atoms with Crippen LogP contribution in [0.3, 0.4) is 0 Å². The van der Waals surface area contributed by atoms with Crippen molar-refractivity contribution in [2.45, 2.75) is 44.8 Å². The molecule has 26 heavy (non-hydrogen) atoms. The third-order valence-corrected chi connectivity index (χ3v) is 5.15. The van der Waals surface area contributed by atoms with Crippen LogP contribution in [-0.4, -0.2) is 18.0 Å². The molecule has 0 heterocycles. The van der Waals surface area contributed by atoms with Gasteiger partial charge in [0.25, 0.3) is 5.91 Å². The highest BCUT2D eigenvalue weighted by molar-refractivity contribution is 9.10. The summed E-state index contributed by atoms with van der Waals surface area (Å²) >= 11 is 3.36. The number of hydrogen-bond donors (Lipinski definition) is 1. The highest BCUT2D eigenvalue weighted by atomic mass is 79.9. The van der Waals surface area contributed by atoms with Crippen LogP contribution in [0, 0.1) is 0 Å². The minimum atomic E-state index is -0.813. The second-order valence-corrected chi connectivity index (χ2v) is 7.50. The zero-order valence-electron chi connectivity index (χ0n) is 14.7. The summed E-state index contributed by atoms with van der Waals surface area (Å²) in [6.45, 7) is 1.61. The fourth-order valence-electron chi connectivity index (χ4n) is 3.25. The quantitative estimate of drug-likeness (QED) is 0.747. The Morgan fingerprint density at radius 2 is 1.92 bits per heavy atom. The van der Waals surface area contributed by atoms with E-state index in [-0.39, 0.29) is 18.4 Å². The molecule has 0 saturated heterocycles. The van der Waals surface area contributed by atoms with Crippen molar-refractivity contribution in [3.05, 3.63) is 69.7 Å². The molecule has 2 atom stereocenters. The molecule has 2 aromatic carbocycles. The monoisotopic (exact) mass is 415 g/mol. The van der Waals surface area contributed by atoms with Crippen molar-refractivity contribution < 1.29 is 14.3 Å². The van der Waals surface area contributed by atoms with Crippen LogP contribution in [0.25, 0.3) is 0 Å². The Morgan fingerprint density at radius 3 is 2.69 bits per heavy atom. The number of ether oxygens (including phenoxy) is 1. The van der Waals surface area contributed by atoms with Gasteiger partial charge >= 0.3 is 5.97 Å². The van der Waals surface area contributed by atoms with Crippen LogP contribution in [0.15, 0.2) is 53.0 Å². The van der Waals surface area contributed by atoms with Gasteiger partial charge < -0.3 is 10.1 Å². The molecule has 136 valence electrons. The first-order valence-electron chi connectivity index (χ1n) is 8.85. The third-order valence-electron chi connectivity index (χ3n) is 4.63. The van der Waals surface area contributed by atoms with E-state index in [0.717, 1.165) is 29.3 Å². The molecule has 0 bridgehead atoms.